The van der Waals surface area contributed by atoms with Crippen LogP contribution in [0.5, 0.6) is 23.0 Å². The number of nitrogens with zero attached hydrogens (tertiary/aromatic N) is 2. The second-order valence-electron chi connectivity index (χ2n) is 15.4. The number of phenols is 1. The number of furan rings is 1. The molecule has 7 aliphatic rings. The highest BCUT2D eigenvalue weighted by Gasteiger charge is 2.61. The Morgan fingerprint density at radius 1 is 1.06 bits per heavy atom. The van der Waals surface area contributed by atoms with Crippen molar-refractivity contribution in [3.05, 3.63) is 80.6 Å². The molecule has 3 aromatic carbocycles. The van der Waals surface area contributed by atoms with E-state index in [0.717, 1.165) is 49.9 Å². The number of aliphatic hydroxyl groups is 2. The zero-order valence-electron chi connectivity index (χ0n) is 30.3. The summed E-state index contributed by atoms with van der Waals surface area (Å²) in [6.45, 7) is 5.88. The predicted octanol–water partition coefficient (Wildman–Crippen LogP) is 4.19. The van der Waals surface area contributed by atoms with E-state index in [4.69, 9.17) is 23.4 Å². The molecule has 8 heterocycles. The molecule has 2 fully saturated rings. The monoisotopic (exact) mass is 741 g/mol. The van der Waals surface area contributed by atoms with E-state index in [1.54, 1.807) is 18.9 Å². The molecule has 1 spiro atoms. The molecule has 12 nitrogen and oxygen atoms in total. The molecule has 1 aromatic heterocycles. The average molecular weight is 742 g/mol. The average Bonchev–Trinajstić information content (AvgIpc) is 3.80. The van der Waals surface area contributed by atoms with Crippen molar-refractivity contribution in [1.29, 1.82) is 0 Å². The normalized spacial score (nSPS) is 31.5. The van der Waals surface area contributed by atoms with Crippen molar-refractivity contribution < 1.29 is 43.5 Å². The maximum atomic E-state index is 14.8. The topological polar surface area (TPSA) is 146 Å². The third-order valence-corrected chi connectivity index (χ3v) is 14.4. The van der Waals surface area contributed by atoms with Gasteiger partial charge in [0.15, 0.2) is 28.5 Å². The number of carbonyl (C=O) groups excluding carboxylic acids is 1. The Labute approximate surface area is 310 Å². The van der Waals surface area contributed by atoms with Crippen molar-refractivity contribution in [3.63, 3.8) is 0 Å². The first-order valence-electron chi connectivity index (χ1n) is 18.3. The van der Waals surface area contributed by atoms with Crippen molar-refractivity contribution in [3.8, 4) is 23.0 Å². The molecule has 4 N–H and O–H groups in total. The SMILES string of the molecule is COc1c(C)cc2c(c1O)[C@@H]1[C@@H]3[C@@H]4SC[C@]5(N[C@@H](CO)Cc6c5oc5ccccc65)C(=O)OC[C@@H](c5c6c(c(C)c(C)c54)OCO6)N3[C@@H](O)[C@H](C2)N1C. The molecule has 11 rings (SSSR count). The fourth-order valence-electron chi connectivity index (χ4n) is 10.5. The molecule has 4 aromatic rings. The number of ether oxygens (including phenoxy) is 4. The van der Waals surface area contributed by atoms with Crippen molar-refractivity contribution in [1.82, 2.24) is 15.1 Å². The number of aromatic hydroxyl groups is 1. The fourth-order valence-corrected chi connectivity index (χ4v) is 12.2. The first-order chi connectivity index (χ1) is 25.6. The Morgan fingerprint density at radius 2 is 1.85 bits per heavy atom. The van der Waals surface area contributed by atoms with E-state index in [2.05, 4.69) is 28.1 Å². The number of carbonyl (C=O) groups is 1. The van der Waals surface area contributed by atoms with Crippen LogP contribution in [0.4, 0.5) is 0 Å². The van der Waals surface area contributed by atoms with Crippen LogP contribution in [-0.2, 0) is 27.9 Å². The van der Waals surface area contributed by atoms with Gasteiger partial charge in [-0.05, 0) is 74.5 Å². The van der Waals surface area contributed by atoms with Crippen molar-refractivity contribution in [2.45, 2.75) is 80.8 Å². The summed E-state index contributed by atoms with van der Waals surface area (Å²) in [6, 6.07) is 7.73. The summed E-state index contributed by atoms with van der Waals surface area (Å²) in [5.74, 6) is 2.05. The highest BCUT2D eigenvalue weighted by molar-refractivity contribution is 7.99. The number of aryl methyl sites for hydroxylation is 1. The minimum absolute atomic E-state index is 0.0706. The Morgan fingerprint density at radius 3 is 2.64 bits per heavy atom. The van der Waals surface area contributed by atoms with Crippen LogP contribution in [0, 0.1) is 20.8 Å². The summed E-state index contributed by atoms with van der Waals surface area (Å²) < 4.78 is 31.1. The number of phenolic OH excluding ortho intramolecular Hbond substituents is 1. The van der Waals surface area contributed by atoms with Crippen LogP contribution < -0.4 is 19.5 Å². The molecule has 0 unspecified atom stereocenters. The van der Waals surface area contributed by atoms with Crippen LogP contribution in [0.2, 0.25) is 0 Å². The second-order valence-corrected chi connectivity index (χ2v) is 16.5. The molecule has 278 valence electrons. The van der Waals surface area contributed by atoms with E-state index in [-0.39, 0.29) is 48.8 Å². The van der Waals surface area contributed by atoms with Crippen LogP contribution in [0.3, 0.4) is 0 Å². The summed E-state index contributed by atoms with van der Waals surface area (Å²) >= 11 is 1.60. The number of benzene rings is 3. The minimum atomic E-state index is -1.42. The van der Waals surface area contributed by atoms with Crippen LogP contribution in [0.1, 0.15) is 67.6 Å². The van der Waals surface area contributed by atoms with Gasteiger partial charge in [-0.25, -0.2) is 4.79 Å². The van der Waals surface area contributed by atoms with Gasteiger partial charge in [0.25, 0.3) is 0 Å². The van der Waals surface area contributed by atoms with Crippen molar-refractivity contribution in [2.24, 2.45) is 0 Å². The van der Waals surface area contributed by atoms with Gasteiger partial charge in [-0.15, -0.1) is 11.8 Å². The number of aliphatic hydroxyl groups excluding tert-OH is 2. The van der Waals surface area contributed by atoms with Crippen molar-refractivity contribution in [2.75, 3.05) is 39.9 Å². The summed E-state index contributed by atoms with van der Waals surface area (Å²) in [6.07, 6.45) is 0.0606. The highest BCUT2D eigenvalue weighted by atomic mass is 32.2. The van der Waals surface area contributed by atoms with Crippen LogP contribution in [-0.4, -0.2) is 95.4 Å². The lowest BCUT2D eigenvalue weighted by Crippen LogP contribution is -2.70. The number of hydrogen-bond donors (Lipinski definition) is 4. The quantitative estimate of drug-likeness (QED) is 0.218. The van der Waals surface area contributed by atoms with E-state index in [1.165, 1.54) is 0 Å². The summed E-state index contributed by atoms with van der Waals surface area (Å²) in [4.78, 5) is 19.1. The third kappa shape index (κ3) is 4.34. The standard InChI is InChI=1S/C40H43N3O9S/c1-17-10-20-11-24-38(46)43-25-14-49-39(47)40(37-23(12-21(13-44)41-40)22-8-6-7-9-26(22)52-37)15-53-36(27-18(2)19(3)34-35(29(25)27)51-16-50-34)31(43)30(42(24)4)28(20)32(45)33(17)48-5/h6-10,21,24-25,30-31,36,38,41,44-46H,11-16H2,1-5H3/t21-,24+,25+,30-,31-,36-,38+,40-/m1/s1. The van der Waals surface area contributed by atoms with Crippen LogP contribution >= 0.6 is 11.8 Å². The minimum Gasteiger partial charge on any atom is -0.504 e. The van der Waals surface area contributed by atoms with Gasteiger partial charge in [0.2, 0.25) is 6.79 Å². The Hall–Kier alpha value is -3.98. The molecular formula is C40H43N3O9S. The number of piperazine rings is 1. The smallest absolute Gasteiger partial charge is 0.335 e. The zero-order valence-corrected chi connectivity index (χ0v) is 31.1. The highest BCUT2D eigenvalue weighted by Crippen LogP contribution is 2.63. The first-order valence-corrected chi connectivity index (χ1v) is 19.3. The first kappa shape index (κ1) is 33.6. The maximum Gasteiger partial charge on any atom is 0.335 e. The van der Waals surface area contributed by atoms with Gasteiger partial charge >= 0.3 is 5.97 Å². The Kier molecular flexibility index (Phi) is 7.45. The Bertz CT molecular complexity index is 2220. The molecule has 0 aliphatic carbocycles. The number of esters is 1. The van der Waals surface area contributed by atoms with Crippen LogP contribution in [0.15, 0.2) is 34.7 Å². The fraction of sp³-hybridized carbons (Fsp3) is 0.475. The summed E-state index contributed by atoms with van der Waals surface area (Å²) in [5, 5.41) is 39.2. The number of nitrogens with one attached hydrogen (secondary N) is 1. The van der Waals surface area contributed by atoms with Gasteiger partial charge in [-0.1, -0.05) is 24.3 Å². The molecular weight excluding hydrogens is 699 g/mol. The lowest BCUT2D eigenvalue weighted by molar-refractivity contribution is -0.186. The van der Waals surface area contributed by atoms with E-state index in [0.29, 0.717) is 41.4 Å². The molecule has 7 aliphatic heterocycles. The predicted molar refractivity (Wildman–Crippen MR) is 196 cm³/mol. The second kappa shape index (κ2) is 11.8. The molecule has 4 bridgehead atoms. The van der Waals surface area contributed by atoms with E-state index >= 15 is 0 Å². The van der Waals surface area contributed by atoms with E-state index < -0.39 is 35.9 Å². The van der Waals surface area contributed by atoms with Gasteiger partial charge in [0, 0.05) is 45.2 Å². The number of likely N-dealkylation sites (N-methyl/N-ethyl adjacent to an activating group) is 1. The summed E-state index contributed by atoms with van der Waals surface area (Å²) in [5.41, 5.74) is 6.69. The molecule has 0 saturated carbocycles. The lowest BCUT2D eigenvalue weighted by Gasteiger charge is -2.62. The molecule has 0 amide bonds. The van der Waals surface area contributed by atoms with Gasteiger partial charge in [-0.2, -0.15) is 0 Å². The maximum absolute atomic E-state index is 14.8. The van der Waals surface area contributed by atoms with E-state index in [1.807, 2.05) is 45.2 Å². The number of thioether (sulfide) groups is 1. The number of methoxy groups -OCH3 is 1. The number of rotatable bonds is 2. The molecule has 2 saturated heterocycles. The van der Waals surface area contributed by atoms with E-state index in [9.17, 15) is 20.1 Å². The number of para-hydroxylation sites is 1. The third-order valence-electron chi connectivity index (χ3n) is 12.9. The number of hydrogen-bond acceptors (Lipinski definition) is 13. The number of fused-ring (bicyclic) bond motifs is 11. The van der Waals surface area contributed by atoms with Gasteiger partial charge < -0.3 is 38.7 Å². The zero-order chi connectivity index (χ0) is 36.7. The summed E-state index contributed by atoms with van der Waals surface area (Å²) in [7, 11) is 3.60. The van der Waals surface area contributed by atoms with Gasteiger partial charge in [0.05, 0.1) is 31.8 Å². The molecule has 53 heavy (non-hydrogen) atoms. The van der Waals surface area contributed by atoms with Crippen LogP contribution in [0.25, 0.3) is 11.0 Å². The lowest BCUT2D eigenvalue weighted by atomic mass is 9.72. The van der Waals surface area contributed by atoms with Crippen molar-refractivity contribution >= 4 is 28.7 Å². The Balaban J connectivity index is 1.22. The largest absolute Gasteiger partial charge is 0.504 e. The van der Waals surface area contributed by atoms with Gasteiger partial charge in [-0.3, -0.25) is 15.1 Å². The molecule has 0 radical (unpaired) electrons. The van der Waals surface area contributed by atoms with Gasteiger partial charge in [0.1, 0.15) is 24.2 Å². The molecule has 13 heteroatoms. The molecule has 8 atom stereocenters.